The van der Waals surface area contributed by atoms with Crippen molar-refractivity contribution >= 4 is 24.0 Å². The summed E-state index contributed by atoms with van der Waals surface area (Å²) in [5.41, 5.74) is 0.739. The number of alkyl carbamates (subject to hydrolysis) is 1. The van der Waals surface area contributed by atoms with Crippen LogP contribution in [0.2, 0.25) is 0 Å². The van der Waals surface area contributed by atoms with Crippen molar-refractivity contribution < 1.29 is 33.3 Å². The Bertz CT molecular complexity index is 953. The molecule has 1 aromatic rings. The van der Waals surface area contributed by atoms with Crippen LogP contribution in [-0.2, 0) is 36.6 Å². The van der Waals surface area contributed by atoms with E-state index in [0.29, 0.717) is 19.0 Å². The molecule has 2 atom stereocenters. The van der Waals surface area contributed by atoms with E-state index in [1.165, 1.54) is 7.11 Å². The van der Waals surface area contributed by atoms with Crippen molar-refractivity contribution in [2.24, 2.45) is 5.92 Å². The first-order valence-corrected chi connectivity index (χ1v) is 13.3. The van der Waals surface area contributed by atoms with Crippen LogP contribution in [0.1, 0.15) is 79.0 Å². The van der Waals surface area contributed by atoms with Gasteiger partial charge in [-0.1, -0.05) is 13.0 Å². The SMILES string of the molecule is COC(=O)C(CCOCC(C)CCc1ccc2c(n1)N(C(=O)OC(C)(C)C)CCC2)NC(=O)OC(C)(C)C. The third-order valence-electron chi connectivity index (χ3n) is 5.73. The topological polar surface area (TPSA) is 116 Å². The minimum absolute atomic E-state index is 0.241. The lowest BCUT2D eigenvalue weighted by Gasteiger charge is -2.31. The number of carbonyl (C=O) groups is 3. The number of amides is 2. The van der Waals surface area contributed by atoms with Crippen molar-refractivity contribution in [3.8, 4) is 0 Å². The van der Waals surface area contributed by atoms with Crippen molar-refractivity contribution in [3.05, 3.63) is 23.4 Å². The highest BCUT2D eigenvalue weighted by Gasteiger charge is 2.29. The van der Waals surface area contributed by atoms with Gasteiger partial charge in [0.2, 0.25) is 0 Å². The van der Waals surface area contributed by atoms with Gasteiger partial charge in [0.05, 0.1) is 7.11 Å². The van der Waals surface area contributed by atoms with Crippen LogP contribution in [-0.4, -0.2) is 67.3 Å². The van der Waals surface area contributed by atoms with Crippen LogP contribution < -0.4 is 10.2 Å². The highest BCUT2D eigenvalue weighted by Crippen LogP contribution is 2.27. The molecule has 2 rings (SSSR count). The summed E-state index contributed by atoms with van der Waals surface area (Å²) < 4.78 is 21.4. The average molecular weight is 536 g/mol. The monoisotopic (exact) mass is 535 g/mol. The molecule has 10 heteroatoms. The molecule has 38 heavy (non-hydrogen) atoms. The Morgan fingerprint density at radius 2 is 1.74 bits per heavy atom. The zero-order valence-corrected chi connectivity index (χ0v) is 24.2. The normalized spacial score (nSPS) is 15.2. The third kappa shape index (κ3) is 10.8. The molecule has 2 heterocycles. The van der Waals surface area contributed by atoms with Crippen molar-refractivity contribution in [2.75, 3.05) is 31.8 Å². The zero-order valence-electron chi connectivity index (χ0n) is 24.2. The Balaban J connectivity index is 1.84. The van der Waals surface area contributed by atoms with E-state index in [4.69, 9.17) is 23.9 Å². The van der Waals surface area contributed by atoms with Crippen LogP contribution in [0.25, 0.3) is 0 Å². The van der Waals surface area contributed by atoms with Crippen LogP contribution >= 0.6 is 0 Å². The lowest BCUT2D eigenvalue weighted by molar-refractivity contribution is -0.143. The number of hydrogen-bond acceptors (Lipinski definition) is 8. The summed E-state index contributed by atoms with van der Waals surface area (Å²) in [4.78, 5) is 43.3. The number of methoxy groups -OCH3 is 1. The van der Waals surface area contributed by atoms with Gasteiger partial charge in [0.25, 0.3) is 0 Å². The zero-order chi connectivity index (χ0) is 28.5. The van der Waals surface area contributed by atoms with Gasteiger partial charge in [-0.05, 0) is 84.8 Å². The number of nitrogens with one attached hydrogen (secondary N) is 1. The van der Waals surface area contributed by atoms with E-state index in [1.807, 2.05) is 26.8 Å². The molecule has 1 N–H and O–H groups in total. The smallest absolute Gasteiger partial charge is 0.416 e. The largest absolute Gasteiger partial charge is 0.467 e. The van der Waals surface area contributed by atoms with Crippen molar-refractivity contribution in [1.29, 1.82) is 0 Å². The average Bonchev–Trinajstić information content (AvgIpc) is 2.81. The first-order chi connectivity index (χ1) is 17.7. The molecule has 10 nitrogen and oxygen atoms in total. The van der Waals surface area contributed by atoms with E-state index in [0.717, 1.165) is 36.9 Å². The van der Waals surface area contributed by atoms with E-state index in [9.17, 15) is 14.4 Å². The summed E-state index contributed by atoms with van der Waals surface area (Å²) in [7, 11) is 1.27. The van der Waals surface area contributed by atoms with Crippen molar-refractivity contribution in [1.82, 2.24) is 10.3 Å². The number of aryl methyl sites for hydroxylation is 2. The molecule has 2 amide bonds. The summed E-state index contributed by atoms with van der Waals surface area (Å²) in [6.07, 6.45) is 2.58. The van der Waals surface area contributed by atoms with Crippen LogP contribution in [0.3, 0.4) is 0 Å². The molecule has 0 bridgehead atoms. The molecule has 1 aliphatic heterocycles. The van der Waals surface area contributed by atoms with Gasteiger partial charge in [-0.2, -0.15) is 0 Å². The summed E-state index contributed by atoms with van der Waals surface area (Å²) in [5.74, 6) is 0.384. The molecule has 214 valence electrons. The Kier molecular flexibility index (Phi) is 11.4. The summed E-state index contributed by atoms with van der Waals surface area (Å²) in [5, 5.41) is 2.55. The van der Waals surface area contributed by atoms with Gasteiger partial charge in [-0.3, -0.25) is 4.90 Å². The molecular formula is C28H45N3O7. The maximum atomic E-state index is 12.7. The van der Waals surface area contributed by atoms with Crippen LogP contribution in [0.5, 0.6) is 0 Å². The van der Waals surface area contributed by atoms with Gasteiger partial charge in [-0.25, -0.2) is 19.4 Å². The van der Waals surface area contributed by atoms with Gasteiger partial charge in [-0.15, -0.1) is 0 Å². The number of esters is 1. The van der Waals surface area contributed by atoms with E-state index >= 15 is 0 Å². The fourth-order valence-corrected chi connectivity index (χ4v) is 3.92. The van der Waals surface area contributed by atoms with E-state index < -0.39 is 29.3 Å². The van der Waals surface area contributed by atoms with Crippen LogP contribution in [0, 0.1) is 5.92 Å². The van der Waals surface area contributed by atoms with Crippen molar-refractivity contribution in [2.45, 2.75) is 97.8 Å². The number of nitrogens with zero attached hydrogens (tertiary/aromatic N) is 2. The number of rotatable bonds is 10. The first kappa shape index (κ1) is 31.3. The van der Waals surface area contributed by atoms with Gasteiger partial charge < -0.3 is 24.3 Å². The highest BCUT2D eigenvalue weighted by molar-refractivity contribution is 5.88. The molecule has 1 aromatic heterocycles. The molecule has 2 unspecified atom stereocenters. The van der Waals surface area contributed by atoms with Gasteiger partial charge in [0, 0.05) is 31.9 Å². The summed E-state index contributed by atoms with van der Waals surface area (Å²) in [6.45, 7) is 14.3. The number of fused-ring (bicyclic) bond motifs is 1. The lowest BCUT2D eigenvalue weighted by atomic mass is 10.0. The second kappa shape index (κ2) is 13.8. The molecule has 0 saturated heterocycles. The number of anilines is 1. The summed E-state index contributed by atoms with van der Waals surface area (Å²) in [6, 6.07) is 3.23. The Hall–Kier alpha value is -2.88. The first-order valence-electron chi connectivity index (χ1n) is 13.3. The van der Waals surface area contributed by atoms with Crippen LogP contribution in [0.4, 0.5) is 15.4 Å². The van der Waals surface area contributed by atoms with Gasteiger partial charge >= 0.3 is 18.2 Å². The Morgan fingerprint density at radius 1 is 1.05 bits per heavy atom. The van der Waals surface area contributed by atoms with Crippen LogP contribution in [0.15, 0.2) is 12.1 Å². The standard InChI is InChI=1S/C28H45N3O7/c1-19(18-36-17-15-22(24(32)35-8)30-25(33)37-27(2,3)4)11-13-21-14-12-20-10-9-16-31(23(20)29-21)26(34)38-28(5,6)7/h12,14,19,22H,9-11,13,15-18H2,1-8H3,(H,30,33). The molecule has 0 spiro atoms. The fraction of sp³-hybridized carbons (Fsp3) is 0.714. The second-order valence-corrected chi connectivity index (χ2v) is 11.8. The van der Waals surface area contributed by atoms with E-state index in [1.54, 1.807) is 25.7 Å². The quantitative estimate of drug-likeness (QED) is 0.258. The molecular weight excluding hydrogens is 490 g/mol. The maximum Gasteiger partial charge on any atom is 0.416 e. The number of ether oxygens (including phenoxy) is 4. The van der Waals surface area contributed by atoms with Crippen molar-refractivity contribution in [3.63, 3.8) is 0 Å². The molecule has 0 fully saturated rings. The number of carbonyl (C=O) groups excluding carboxylic acids is 3. The number of pyridine rings is 1. The van der Waals surface area contributed by atoms with Gasteiger partial charge in [0.15, 0.2) is 0 Å². The predicted molar refractivity (Wildman–Crippen MR) is 144 cm³/mol. The molecule has 0 radical (unpaired) electrons. The van der Waals surface area contributed by atoms with E-state index in [2.05, 4.69) is 18.3 Å². The van der Waals surface area contributed by atoms with Gasteiger partial charge in [0.1, 0.15) is 23.1 Å². The predicted octanol–water partition coefficient (Wildman–Crippen LogP) is 4.81. The molecule has 1 aliphatic rings. The fourth-order valence-electron chi connectivity index (χ4n) is 3.92. The minimum Gasteiger partial charge on any atom is -0.467 e. The summed E-state index contributed by atoms with van der Waals surface area (Å²) >= 11 is 0. The minimum atomic E-state index is -0.849. The Morgan fingerprint density at radius 3 is 2.37 bits per heavy atom. The maximum absolute atomic E-state index is 12.7. The lowest BCUT2D eigenvalue weighted by Crippen LogP contribution is -2.44. The molecule has 0 aromatic carbocycles. The highest BCUT2D eigenvalue weighted by atomic mass is 16.6. The van der Waals surface area contributed by atoms with E-state index in [-0.39, 0.29) is 25.0 Å². The molecule has 0 aliphatic carbocycles. The number of aromatic nitrogens is 1. The third-order valence-corrected chi connectivity index (χ3v) is 5.73. The second-order valence-electron chi connectivity index (χ2n) is 11.8. The molecule has 0 saturated carbocycles. The Labute approximate surface area is 226 Å². The number of hydrogen-bond donors (Lipinski definition) is 1.